The van der Waals surface area contributed by atoms with Crippen LogP contribution >= 0.6 is 11.3 Å². The fourth-order valence-corrected chi connectivity index (χ4v) is 2.05. The minimum absolute atomic E-state index is 0.0865. The van der Waals surface area contributed by atoms with Crippen LogP contribution in [0.2, 0.25) is 0 Å². The topological polar surface area (TPSA) is 80.0 Å². The summed E-state index contributed by atoms with van der Waals surface area (Å²) in [4.78, 5) is 15.4. The van der Waals surface area contributed by atoms with E-state index in [1.807, 2.05) is 0 Å². The van der Waals surface area contributed by atoms with Crippen LogP contribution in [0.3, 0.4) is 0 Å². The molecule has 0 unspecified atom stereocenters. The van der Waals surface area contributed by atoms with Crippen molar-refractivity contribution in [2.45, 2.75) is 6.92 Å². The van der Waals surface area contributed by atoms with Gasteiger partial charge in [-0.2, -0.15) is 5.10 Å². The Balaban J connectivity index is 2.22. The van der Waals surface area contributed by atoms with E-state index in [1.165, 1.54) is 11.3 Å². The summed E-state index contributed by atoms with van der Waals surface area (Å²) in [5, 5.41) is 16.4. The average molecular weight is 238 g/mol. The van der Waals surface area contributed by atoms with Gasteiger partial charge in [-0.05, 0) is 6.92 Å². The second-order valence-corrected chi connectivity index (χ2v) is 4.43. The van der Waals surface area contributed by atoms with E-state index >= 15 is 0 Å². The fourth-order valence-electron chi connectivity index (χ4n) is 1.24. The first kappa shape index (κ1) is 10.6. The third-order valence-electron chi connectivity index (χ3n) is 1.95. The summed E-state index contributed by atoms with van der Waals surface area (Å²) >= 11 is 1.29. The molecule has 0 radical (unpaired) electrons. The van der Waals surface area contributed by atoms with E-state index in [9.17, 15) is 4.79 Å². The third-order valence-corrected chi connectivity index (χ3v) is 2.83. The SMILES string of the molecule is Cc1sc(Nc2ccn(C)n2)nc1C(=O)O. The van der Waals surface area contributed by atoms with E-state index in [0.717, 1.165) is 0 Å². The second kappa shape index (κ2) is 3.93. The molecule has 16 heavy (non-hydrogen) atoms. The summed E-state index contributed by atoms with van der Waals surface area (Å²) < 4.78 is 1.65. The molecular formula is C9H10N4O2S. The first-order valence-corrected chi connectivity index (χ1v) is 5.35. The normalized spacial score (nSPS) is 10.4. The lowest BCUT2D eigenvalue weighted by Crippen LogP contribution is -1.99. The molecule has 6 nitrogen and oxygen atoms in total. The fraction of sp³-hybridized carbons (Fsp3) is 0.222. The van der Waals surface area contributed by atoms with Crippen molar-refractivity contribution in [2.24, 2.45) is 7.05 Å². The highest BCUT2D eigenvalue weighted by atomic mass is 32.1. The zero-order valence-corrected chi connectivity index (χ0v) is 9.58. The molecule has 2 aromatic rings. The molecule has 84 valence electrons. The van der Waals surface area contributed by atoms with Crippen molar-refractivity contribution >= 4 is 28.3 Å². The van der Waals surface area contributed by atoms with E-state index in [2.05, 4.69) is 15.4 Å². The first-order chi connectivity index (χ1) is 7.56. The molecule has 2 rings (SSSR count). The third kappa shape index (κ3) is 2.03. The highest BCUT2D eigenvalue weighted by Gasteiger charge is 2.14. The number of thiazole rings is 1. The van der Waals surface area contributed by atoms with Crippen LogP contribution in [0.5, 0.6) is 0 Å². The Morgan fingerprint density at radius 3 is 2.88 bits per heavy atom. The number of anilines is 2. The quantitative estimate of drug-likeness (QED) is 0.849. The van der Waals surface area contributed by atoms with Crippen molar-refractivity contribution in [3.63, 3.8) is 0 Å². The van der Waals surface area contributed by atoms with Crippen molar-refractivity contribution < 1.29 is 9.90 Å². The van der Waals surface area contributed by atoms with E-state index in [1.54, 1.807) is 30.9 Å². The molecular weight excluding hydrogens is 228 g/mol. The number of aryl methyl sites for hydroxylation is 2. The van der Waals surface area contributed by atoms with Crippen LogP contribution in [0.15, 0.2) is 12.3 Å². The summed E-state index contributed by atoms with van der Waals surface area (Å²) in [5.41, 5.74) is 0.0865. The summed E-state index contributed by atoms with van der Waals surface area (Å²) in [6, 6.07) is 1.79. The maximum atomic E-state index is 10.8. The Bertz CT molecular complexity index is 531. The maximum Gasteiger partial charge on any atom is 0.355 e. The highest BCUT2D eigenvalue weighted by molar-refractivity contribution is 7.15. The molecule has 7 heteroatoms. The zero-order valence-electron chi connectivity index (χ0n) is 8.76. The summed E-state index contributed by atoms with van der Waals surface area (Å²) in [6.07, 6.45) is 1.79. The van der Waals surface area contributed by atoms with E-state index in [0.29, 0.717) is 15.8 Å². The molecule has 0 atom stereocenters. The van der Waals surface area contributed by atoms with Gasteiger partial charge < -0.3 is 10.4 Å². The number of aromatic nitrogens is 3. The molecule has 0 aliphatic heterocycles. The Morgan fingerprint density at radius 1 is 1.62 bits per heavy atom. The summed E-state index contributed by atoms with van der Waals surface area (Å²) in [7, 11) is 1.81. The van der Waals surface area contributed by atoms with Crippen molar-refractivity contribution in [1.29, 1.82) is 0 Å². The van der Waals surface area contributed by atoms with Crippen LogP contribution in [-0.2, 0) is 7.05 Å². The van der Waals surface area contributed by atoms with Gasteiger partial charge in [0.05, 0.1) is 0 Å². The summed E-state index contributed by atoms with van der Waals surface area (Å²) in [6.45, 7) is 1.73. The van der Waals surface area contributed by atoms with Gasteiger partial charge in [0, 0.05) is 24.2 Å². The predicted octanol–water partition coefficient (Wildman–Crippen LogP) is 1.63. The molecule has 0 saturated carbocycles. The molecule has 0 aliphatic carbocycles. The molecule has 0 spiro atoms. The van der Waals surface area contributed by atoms with Crippen LogP contribution in [0.4, 0.5) is 10.9 Å². The zero-order chi connectivity index (χ0) is 11.7. The monoisotopic (exact) mass is 238 g/mol. The average Bonchev–Trinajstić information content (AvgIpc) is 2.73. The molecule has 0 aromatic carbocycles. The van der Waals surface area contributed by atoms with Crippen LogP contribution in [0.25, 0.3) is 0 Å². The Labute approximate surface area is 95.6 Å². The largest absolute Gasteiger partial charge is 0.476 e. The van der Waals surface area contributed by atoms with Gasteiger partial charge in [0.1, 0.15) is 0 Å². The number of rotatable bonds is 3. The van der Waals surface area contributed by atoms with Gasteiger partial charge in [-0.25, -0.2) is 9.78 Å². The van der Waals surface area contributed by atoms with Crippen molar-refractivity contribution in [1.82, 2.24) is 14.8 Å². The molecule has 0 bridgehead atoms. The molecule has 0 fully saturated rings. The van der Waals surface area contributed by atoms with Crippen molar-refractivity contribution in [2.75, 3.05) is 5.32 Å². The number of carboxylic acid groups (broad SMARTS) is 1. The van der Waals surface area contributed by atoms with E-state index in [4.69, 9.17) is 5.11 Å². The van der Waals surface area contributed by atoms with Gasteiger partial charge in [-0.3, -0.25) is 4.68 Å². The van der Waals surface area contributed by atoms with Gasteiger partial charge in [0.15, 0.2) is 16.6 Å². The molecule has 0 saturated heterocycles. The second-order valence-electron chi connectivity index (χ2n) is 3.23. The lowest BCUT2D eigenvalue weighted by molar-refractivity contribution is 0.0690. The number of nitrogens with zero attached hydrogens (tertiary/aromatic N) is 3. The van der Waals surface area contributed by atoms with Gasteiger partial charge in [-0.15, -0.1) is 11.3 Å². The number of carbonyl (C=O) groups is 1. The van der Waals surface area contributed by atoms with Gasteiger partial charge in [-0.1, -0.05) is 0 Å². The van der Waals surface area contributed by atoms with Crippen molar-refractivity contribution in [3.8, 4) is 0 Å². The highest BCUT2D eigenvalue weighted by Crippen LogP contribution is 2.24. The van der Waals surface area contributed by atoms with Gasteiger partial charge in [0.2, 0.25) is 0 Å². The van der Waals surface area contributed by atoms with Crippen LogP contribution in [0, 0.1) is 6.92 Å². The van der Waals surface area contributed by atoms with E-state index < -0.39 is 5.97 Å². The number of aromatic carboxylic acids is 1. The van der Waals surface area contributed by atoms with Crippen LogP contribution in [0.1, 0.15) is 15.4 Å². The van der Waals surface area contributed by atoms with E-state index in [-0.39, 0.29) is 5.69 Å². The maximum absolute atomic E-state index is 10.8. The number of hydrogen-bond acceptors (Lipinski definition) is 5. The Morgan fingerprint density at radius 2 is 2.38 bits per heavy atom. The molecule has 2 N–H and O–H groups in total. The summed E-state index contributed by atoms with van der Waals surface area (Å²) in [5.74, 6) is -0.365. The molecule has 0 amide bonds. The van der Waals surface area contributed by atoms with Crippen LogP contribution < -0.4 is 5.32 Å². The van der Waals surface area contributed by atoms with Gasteiger partial charge in [0.25, 0.3) is 0 Å². The number of nitrogens with one attached hydrogen (secondary N) is 1. The minimum atomic E-state index is -1.01. The van der Waals surface area contributed by atoms with Crippen molar-refractivity contribution in [3.05, 3.63) is 22.8 Å². The lowest BCUT2D eigenvalue weighted by Gasteiger charge is -1.95. The smallest absolute Gasteiger partial charge is 0.355 e. The molecule has 2 aromatic heterocycles. The standard InChI is InChI=1S/C9H10N4O2S/c1-5-7(8(14)15)11-9(16-5)10-6-3-4-13(2)12-6/h3-4H,1-2H3,(H,14,15)(H,10,11,12). The predicted molar refractivity (Wildman–Crippen MR) is 60.3 cm³/mol. The first-order valence-electron chi connectivity index (χ1n) is 4.53. The number of hydrogen-bond donors (Lipinski definition) is 2. The minimum Gasteiger partial charge on any atom is -0.476 e. The van der Waals surface area contributed by atoms with Crippen LogP contribution in [-0.4, -0.2) is 25.8 Å². The Hall–Kier alpha value is -1.89. The molecule has 2 heterocycles. The Kier molecular flexibility index (Phi) is 2.61. The number of carboxylic acids is 1. The lowest BCUT2D eigenvalue weighted by atomic mass is 10.4. The van der Waals surface area contributed by atoms with Gasteiger partial charge >= 0.3 is 5.97 Å². The molecule has 0 aliphatic rings.